The molecule has 1 aliphatic rings. The van der Waals surface area contributed by atoms with E-state index < -0.39 is 11.9 Å². The molecule has 0 radical (unpaired) electrons. The van der Waals surface area contributed by atoms with E-state index in [2.05, 4.69) is 15.4 Å². The number of aromatic nitrogens is 3. The Morgan fingerprint density at radius 2 is 2.16 bits per heavy atom. The van der Waals surface area contributed by atoms with Gasteiger partial charge in [-0.15, -0.1) is 0 Å². The summed E-state index contributed by atoms with van der Waals surface area (Å²) in [4.78, 5) is 3.38. The van der Waals surface area contributed by atoms with Crippen LogP contribution in [0.1, 0.15) is 35.9 Å². The van der Waals surface area contributed by atoms with Crippen LogP contribution in [-0.2, 0) is 24.5 Å². The number of hydrogen-bond donors (Lipinski definition) is 1. The normalized spacial score (nSPS) is 21.4. The molecule has 0 saturated carbocycles. The molecule has 2 aromatic heterocycles. The molecule has 8 heteroatoms. The third-order valence-electron chi connectivity index (χ3n) is 4.45. The van der Waals surface area contributed by atoms with E-state index in [9.17, 15) is 13.2 Å². The Bertz CT molecular complexity index is 701. The van der Waals surface area contributed by atoms with Gasteiger partial charge in [-0.3, -0.25) is 9.67 Å². The van der Waals surface area contributed by atoms with Gasteiger partial charge >= 0.3 is 6.18 Å². The van der Waals surface area contributed by atoms with Gasteiger partial charge in [0.15, 0.2) is 0 Å². The van der Waals surface area contributed by atoms with E-state index in [4.69, 9.17) is 4.74 Å². The minimum atomic E-state index is -4.42. The number of alkyl halides is 3. The van der Waals surface area contributed by atoms with Gasteiger partial charge in [-0.05, 0) is 36.6 Å². The lowest BCUT2D eigenvalue weighted by Gasteiger charge is -2.32. The van der Waals surface area contributed by atoms with Crippen LogP contribution in [0.3, 0.4) is 0 Å². The van der Waals surface area contributed by atoms with Crippen LogP contribution >= 0.6 is 0 Å². The van der Waals surface area contributed by atoms with Gasteiger partial charge in [-0.2, -0.15) is 18.3 Å². The molecular weight excluding hydrogens is 333 g/mol. The number of nitrogens with one attached hydrogen (secondary N) is 1. The molecule has 0 bridgehead atoms. The fourth-order valence-electron chi connectivity index (χ4n) is 3.18. The van der Waals surface area contributed by atoms with E-state index in [0.29, 0.717) is 25.3 Å². The molecule has 0 amide bonds. The Morgan fingerprint density at radius 3 is 2.88 bits per heavy atom. The highest BCUT2D eigenvalue weighted by molar-refractivity contribution is 5.18. The molecule has 3 rings (SSSR count). The van der Waals surface area contributed by atoms with E-state index in [1.54, 1.807) is 12.3 Å². The summed E-state index contributed by atoms with van der Waals surface area (Å²) in [7, 11) is 1.88. The van der Waals surface area contributed by atoms with Gasteiger partial charge in [0, 0.05) is 45.1 Å². The van der Waals surface area contributed by atoms with Crippen LogP contribution in [0.15, 0.2) is 30.6 Å². The van der Waals surface area contributed by atoms with Crippen molar-refractivity contribution in [1.29, 1.82) is 0 Å². The number of aryl methyl sites for hydroxylation is 1. The number of rotatable bonds is 5. The average Bonchev–Trinajstić information content (AvgIpc) is 3.01. The van der Waals surface area contributed by atoms with E-state index in [1.165, 1.54) is 6.20 Å². The largest absolute Gasteiger partial charge is 0.433 e. The summed E-state index contributed by atoms with van der Waals surface area (Å²) in [5, 5.41) is 7.45. The average molecular weight is 354 g/mol. The second-order valence-electron chi connectivity index (χ2n) is 6.25. The zero-order valence-electron chi connectivity index (χ0n) is 14.0. The first-order valence-corrected chi connectivity index (χ1v) is 8.27. The summed E-state index contributed by atoms with van der Waals surface area (Å²) >= 11 is 0. The SMILES string of the molecule is Cn1nccc1[C@@H]1OCCC[C@H]1CNCc1ccnc(C(F)(F)F)c1. The molecule has 1 aliphatic heterocycles. The standard InChI is InChI=1S/C17H21F3N4O/c1-24-14(5-7-23-24)16-13(3-2-8-25-16)11-21-10-12-4-6-22-15(9-12)17(18,19)20/h4-7,9,13,16,21H,2-3,8,10-11H2,1H3/t13-,16+/m0/s1. The molecule has 0 unspecified atom stereocenters. The zero-order chi connectivity index (χ0) is 17.9. The number of hydrogen-bond acceptors (Lipinski definition) is 4. The minimum Gasteiger partial charge on any atom is -0.372 e. The zero-order valence-corrected chi connectivity index (χ0v) is 14.0. The van der Waals surface area contributed by atoms with Crippen LogP contribution in [0.4, 0.5) is 13.2 Å². The molecule has 0 aromatic carbocycles. The fourth-order valence-corrected chi connectivity index (χ4v) is 3.18. The van der Waals surface area contributed by atoms with Crippen molar-refractivity contribution in [2.45, 2.75) is 31.7 Å². The van der Waals surface area contributed by atoms with Crippen molar-refractivity contribution < 1.29 is 17.9 Å². The Kier molecular flexibility index (Phi) is 5.39. The molecule has 1 N–H and O–H groups in total. The minimum absolute atomic E-state index is 0.0445. The van der Waals surface area contributed by atoms with Crippen molar-refractivity contribution in [3.63, 3.8) is 0 Å². The Morgan fingerprint density at radius 1 is 1.32 bits per heavy atom. The predicted octanol–water partition coefficient (Wildman–Crippen LogP) is 3.09. The van der Waals surface area contributed by atoms with Crippen LogP contribution in [-0.4, -0.2) is 27.9 Å². The maximum Gasteiger partial charge on any atom is 0.433 e. The van der Waals surface area contributed by atoms with Crippen molar-refractivity contribution in [2.24, 2.45) is 13.0 Å². The number of halogens is 3. The quantitative estimate of drug-likeness (QED) is 0.897. The molecule has 5 nitrogen and oxygen atoms in total. The van der Waals surface area contributed by atoms with Crippen molar-refractivity contribution in [3.05, 3.63) is 47.5 Å². The van der Waals surface area contributed by atoms with Crippen LogP contribution in [0.25, 0.3) is 0 Å². The fraction of sp³-hybridized carbons (Fsp3) is 0.529. The molecule has 1 fully saturated rings. The topological polar surface area (TPSA) is 52.0 Å². The molecule has 136 valence electrons. The highest BCUT2D eigenvalue weighted by Gasteiger charge is 2.32. The summed E-state index contributed by atoms with van der Waals surface area (Å²) in [6, 6.07) is 4.63. The van der Waals surface area contributed by atoms with E-state index in [0.717, 1.165) is 24.6 Å². The van der Waals surface area contributed by atoms with Crippen molar-refractivity contribution in [2.75, 3.05) is 13.2 Å². The Balaban J connectivity index is 1.60. The van der Waals surface area contributed by atoms with Gasteiger partial charge in [0.2, 0.25) is 0 Å². The van der Waals surface area contributed by atoms with Crippen molar-refractivity contribution >= 4 is 0 Å². The second kappa shape index (κ2) is 7.53. The maximum absolute atomic E-state index is 12.7. The van der Waals surface area contributed by atoms with Crippen LogP contribution in [0, 0.1) is 5.92 Å². The summed E-state index contributed by atoms with van der Waals surface area (Å²) in [5.74, 6) is 0.257. The predicted molar refractivity (Wildman–Crippen MR) is 85.6 cm³/mol. The lowest BCUT2D eigenvalue weighted by molar-refractivity contribution is -0.141. The van der Waals surface area contributed by atoms with Crippen molar-refractivity contribution in [3.8, 4) is 0 Å². The van der Waals surface area contributed by atoms with Gasteiger partial charge in [0.25, 0.3) is 0 Å². The van der Waals surface area contributed by atoms with Gasteiger partial charge in [0.05, 0.1) is 5.69 Å². The smallest absolute Gasteiger partial charge is 0.372 e. The summed E-state index contributed by atoms with van der Waals surface area (Å²) in [6.07, 6.45) is 0.464. The number of pyridine rings is 1. The van der Waals surface area contributed by atoms with E-state index >= 15 is 0 Å². The summed E-state index contributed by atoms with van der Waals surface area (Å²) < 4.78 is 45.9. The highest BCUT2D eigenvalue weighted by Crippen LogP contribution is 2.33. The van der Waals surface area contributed by atoms with Gasteiger partial charge in [-0.25, -0.2) is 0 Å². The van der Waals surface area contributed by atoms with Gasteiger partial charge < -0.3 is 10.1 Å². The monoisotopic (exact) mass is 354 g/mol. The lowest BCUT2D eigenvalue weighted by Crippen LogP contribution is -2.32. The van der Waals surface area contributed by atoms with Crippen LogP contribution in [0.2, 0.25) is 0 Å². The summed E-state index contributed by atoms with van der Waals surface area (Å²) in [5.41, 5.74) is 0.728. The summed E-state index contributed by atoms with van der Waals surface area (Å²) in [6.45, 7) is 1.74. The molecule has 3 heterocycles. The van der Waals surface area contributed by atoms with Crippen LogP contribution in [0.5, 0.6) is 0 Å². The Labute approximate surface area is 144 Å². The molecule has 2 aromatic rings. The first kappa shape index (κ1) is 17.9. The molecule has 0 spiro atoms. The molecule has 25 heavy (non-hydrogen) atoms. The first-order chi connectivity index (χ1) is 11.9. The highest BCUT2D eigenvalue weighted by atomic mass is 19.4. The van der Waals surface area contributed by atoms with Gasteiger partial charge in [-0.1, -0.05) is 0 Å². The van der Waals surface area contributed by atoms with Crippen LogP contribution < -0.4 is 5.32 Å². The first-order valence-electron chi connectivity index (χ1n) is 8.27. The van der Waals surface area contributed by atoms with Crippen molar-refractivity contribution in [1.82, 2.24) is 20.1 Å². The van der Waals surface area contributed by atoms with Gasteiger partial charge in [0.1, 0.15) is 11.8 Å². The lowest BCUT2D eigenvalue weighted by atomic mass is 9.92. The molecular formula is C17H21F3N4O. The third kappa shape index (κ3) is 4.38. The maximum atomic E-state index is 12.7. The number of nitrogens with zero attached hydrogens (tertiary/aromatic N) is 3. The molecule has 1 saturated heterocycles. The third-order valence-corrected chi connectivity index (χ3v) is 4.45. The molecule has 0 aliphatic carbocycles. The molecule has 2 atom stereocenters. The Hall–Kier alpha value is -1.93. The number of ether oxygens (including phenoxy) is 1. The second-order valence-corrected chi connectivity index (χ2v) is 6.25. The van der Waals surface area contributed by atoms with E-state index in [1.807, 2.05) is 17.8 Å². The van der Waals surface area contributed by atoms with E-state index in [-0.39, 0.29) is 12.0 Å².